The van der Waals surface area contributed by atoms with Gasteiger partial charge in [0.1, 0.15) is 6.61 Å². The van der Waals surface area contributed by atoms with Crippen molar-refractivity contribution >= 4 is 0 Å². The maximum absolute atomic E-state index is 5.61. The number of hydrogen-bond acceptors (Lipinski definition) is 2. The SMILES string of the molecule is c1ccc(CO[C@@H]2[CH+]OCC2)cc1. The van der Waals surface area contributed by atoms with E-state index in [0.29, 0.717) is 6.61 Å². The molecular weight excluding hydrogens is 164 g/mol. The monoisotopic (exact) mass is 177 g/mol. The van der Waals surface area contributed by atoms with Crippen LogP contribution in [0.2, 0.25) is 0 Å². The van der Waals surface area contributed by atoms with Gasteiger partial charge in [-0.3, -0.25) is 0 Å². The molecule has 2 heteroatoms. The minimum atomic E-state index is 0.181. The highest BCUT2D eigenvalue weighted by molar-refractivity contribution is 5.13. The lowest BCUT2D eigenvalue weighted by Gasteiger charge is -2.03. The Bertz CT molecular complexity index is 240. The highest BCUT2D eigenvalue weighted by Gasteiger charge is 2.26. The van der Waals surface area contributed by atoms with Crippen molar-refractivity contribution in [3.63, 3.8) is 0 Å². The summed E-state index contributed by atoms with van der Waals surface area (Å²) >= 11 is 0. The number of ether oxygens (including phenoxy) is 2. The first-order chi connectivity index (χ1) is 6.45. The van der Waals surface area contributed by atoms with E-state index in [-0.39, 0.29) is 6.10 Å². The number of benzene rings is 1. The summed E-state index contributed by atoms with van der Waals surface area (Å²) in [5.74, 6) is 0. The van der Waals surface area contributed by atoms with Gasteiger partial charge < -0.3 is 4.74 Å². The van der Waals surface area contributed by atoms with Gasteiger partial charge in [-0.15, -0.1) is 0 Å². The summed E-state index contributed by atoms with van der Waals surface area (Å²) < 4.78 is 10.7. The molecule has 1 atom stereocenters. The molecule has 1 aromatic rings. The third-order valence-electron chi connectivity index (χ3n) is 2.08. The molecule has 0 saturated carbocycles. The molecule has 1 aliphatic rings. The molecular formula is C11H13O2+. The fourth-order valence-electron chi connectivity index (χ4n) is 1.33. The first kappa shape index (κ1) is 8.60. The van der Waals surface area contributed by atoms with Crippen molar-refractivity contribution in [1.82, 2.24) is 0 Å². The highest BCUT2D eigenvalue weighted by Crippen LogP contribution is 2.14. The molecule has 2 nitrogen and oxygen atoms in total. The standard InChI is InChI=1S/C11H13O2/c1-2-4-10(5-3-1)8-13-11-6-7-12-9-11/h1-5,9,11H,6-8H2/q+1/t11-/m0/s1. The zero-order valence-corrected chi connectivity index (χ0v) is 7.48. The fraction of sp³-hybridized carbons (Fsp3) is 0.364. The van der Waals surface area contributed by atoms with Crippen LogP contribution in [-0.2, 0) is 16.1 Å². The van der Waals surface area contributed by atoms with Crippen molar-refractivity contribution in [2.75, 3.05) is 6.61 Å². The Labute approximate surface area is 78.5 Å². The second kappa shape index (κ2) is 4.30. The molecule has 1 aliphatic heterocycles. The zero-order chi connectivity index (χ0) is 8.93. The molecule has 0 aromatic heterocycles. The largest absolute Gasteiger partial charge is 0.330 e. The Balaban J connectivity index is 1.79. The van der Waals surface area contributed by atoms with Crippen molar-refractivity contribution < 1.29 is 9.47 Å². The van der Waals surface area contributed by atoms with Gasteiger partial charge in [0.15, 0.2) is 0 Å². The summed E-state index contributed by atoms with van der Waals surface area (Å²) in [6.45, 7) is 3.24. The van der Waals surface area contributed by atoms with Gasteiger partial charge in [-0.25, -0.2) is 0 Å². The average Bonchev–Trinajstić information content (AvgIpc) is 2.69. The third kappa shape index (κ3) is 2.47. The molecule has 0 spiro atoms. The molecule has 0 amide bonds. The van der Waals surface area contributed by atoms with Crippen LogP contribution in [0.1, 0.15) is 12.0 Å². The predicted molar refractivity (Wildman–Crippen MR) is 49.9 cm³/mol. The van der Waals surface area contributed by atoms with Gasteiger partial charge in [0, 0.05) is 6.42 Å². The van der Waals surface area contributed by atoms with E-state index in [9.17, 15) is 0 Å². The lowest BCUT2D eigenvalue weighted by Crippen LogP contribution is -2.08. The van der Waals surface area contributed by atoms with E-state index in [1.165, 1.54) is 5.56 Å². The minimum Gasteiger partial charge on any atom is -0.330 e. The molecule has 0 bridgehead atoms. The molecule has 1 fully saturated rings. The van der Waals surface area contributed by atoms with Gasteiger partial charge >= 0.3 is 0 Å². The van der Waals surface area contributed by atoms with Crippen molar-refractivity contribution in [2.24, 2.45) is 0 Å². The molecule has 0 aliphatic carbocycles. The molecule has 68 valence electrons. The van der Waals surface area contributed by atoms with E-state index in [4.69, 9.17) is 9.47 Å². The zero-order valence-electron chi connectivity index (χ0n) is 7.48. The maximum atomic E-state index is 5.61. The molecule has 1 saturated heterocycles. The Morgan fingerprint density at radius 2 is 2.23 bits per heavy atom. The summed E-state index contributed by atoms with van der Waals surface area (Å²) in [5, 5.41) is 0. The smallest absolute Gasteiger partial charge is 0.257 e. The molecule has 13 heavy (non-hydrogen) atoms. The summed E-state index contributed by atoms with van der Waals surface area (Å²) in [6, 6.07) is 10.2. The molecule has 0 unspecified atom stereocenters. The number of rotatable bonds is 3. The van der Waals surface area contributed by atoms with E-state index >= 15 is 0 Å². The van der Waals surface area contributed by atoms with Crippen LogP contribution in [0.5, 0.6) is 0 Å². The second-order valence-corrected chi connectivity index (χ2v) is 3.13. The van der Waals surface area contributed by atoms with Gasteiger partial charge in [0.05, 0.1) is 6.61 Å². The van der Waals surface area contributed by atoms with Gasteiger partial charge in [-0.05, 0) is 5.56 Å². The van der Waals surface area contributed by atoms with Gasteiger partial charge in [-0.2, -0.15) is 4.74 Å². The summed E-state index contributed by atoms with van der Waals surface area (Å²) in [4.78, 5) is 0. The molecule has 1 heterocycles. The minimum absolute atomic E-state index is 0.181. The Kier molecular flexibility index (Phi) is 2.85. The van der Waals surface area contributed by atoms with Gasteiger partial charge in [0.2, 0.25) is 6.10 Å². The molecule has 1 aromatic carbocycles. The highest BCUT2D eigenvalue weighted by atomic mass is 16.5. The van der Waals surface area contributed by atoms with Gasteiger partial charge in [-0.1, -0.05) is 30.3 Å². The Hall–Kier alpha value is -0.990. The van der Waals surface area contributed by atoms with Crippen LogP contribution in [-0.4, -0.2) is 12.7 Å². The topological polar surface area (TPSA) is 18.5 Å². The van der Waals surface area contributed by atoms with Crippen LogP contribution in [0, 0.1) is 6.61 Å². The first-order valence-electron chi connectivity index (χ1n) is 4.55. The lowest BCUT2D eigenvalue weighted by molar-refractivity contribution is 0.0577. The van der Waals surface area contributed by atoms with Crippen molar-refractivity contribution in [2.45, 2.75) is 19.1 Å². The van der Waals surface area contributed by atoms with E-state index < -0.39 is 0 Å². The lowest BCUT2D eigenvalue weighted by atomic mass is 10.2. The first-order valence-corrected chi connectivity index (χ1v) is 4.55. The predicted octanol–water partition coefficient (Wildman–Crippen LogP) is 2.15. The summed E-state index contributed by atoms with van der Waals surface area (Å²) in [6.07, 6.45) is 1.16. The van der Waals surface area contributed by atoms with Crippen LogP contribution >= 0.6 is 0 Å². The van der Waals surface area contributed by atoms with Crippen LogP contribution in [0.3, 0.4) is 0 Å². The van der Waals surface area contributed by atoms with E-state index in [0.717, 1.165) is 13.0 Å². The Morgan fingerprint density at radius 1 is 1.38 bits per heavy atom. The number of hydrogen-bond donors (Lipinski definition) is 0. The van der Waals surface area contributed by atoms with Crippen molar-refractivity contribution in [3.05, 3.63) is 42.5 Å². The maximum Gasteiger partial charge on any atom is 0.257 e. The normalized spacial score (nSPS) is 21.4. The average molecular weight is 177 g/mol. The van der Waals surface area contributed by atoms with Crippen LogP contribution in [0.25, 0.3) is 0 Å². The Morgan fingerprint density at radius 3 is 2.92 bits per heavy atom. The van der Waals surface area contributed by atoms with E-state index in [2.05, 4.69) is 12.1 Å². The van der Waals surface area contributed by atoms with Crippen LogP contribution < -0.4 is 0 Å². The van der Waals surface area contributed by atoms with E-state index in [1.807, 2.05) is 18.2 Å². The van der Waals surface area contributed by atoms with E-state index in [1.54, 1.807) is 6.61 Å². The molecule has 2 rings (SSSR count). The molecule has 0 radical (unpaired) electrons. The van der Waals surface area contributed by atoms with Crippen molar-refractivity contribution in [1.29, 1.82) is 0 Å². The summed E-state index contributed by atoms with van der Waals surface area (Å²) in [5.41, 5.74) is 1.21. The quantitative estimate of drug-likeness (QED) is 0.659. The fourth-order valence-corrected chi connectivity index (χ4v) is 1.33. The second-order valence-electron chi connectivity index (χ2n) is 3.13. The summed E-state index contributed by atoms with van der Waals surface area (Å²) in [7, 11) is 0. The van der Waals surface area contributed by atoms with Gasteiger partial charge in [0.25, 0.3) is 6.61 Å². The molecule has 0 N–H and O–H groups in total. The van der Waals surface area contributed by atoms with Crippen LogP contribution in [0.4, 0.5) is 0 Å². The third-order valence-corrected chi connectivity index (χ3v) is 2.08. The van der Waals surface area contributed by atoms with Crippen LogP contribution in [0.15, 0.2) is 30.3 Å². The van der Waals surface area contributed by atoms with Crippen molar-refractivity contribution in [3.8, 4) is 0 Å².